The second kappa shape index (κ2) is 7.84. The Morgan fingerprint density at radius 2 is 1.48 bits per heavy atom. The Bertz CT molecular complexity index is 1080. The van der Waals surface area contributed by atoms with Crippen molar-refractivity contribution in [2.75, 3.05) is 17.5 Å². The molecule has 0 spiro atoms. The molecule has 3 rings (SSSR count). The normalized spacial score (nSPS) is 14.4. The van der Waals surface area contributed by atoms with Gasteiger partial charge in [-0.3, -0.25) is 24.0 Å². The van der Waals surface area contributed by atoms with Crippen molar-refractivity contribution in [2.24, 2.45) is 0 Å². The maximum Gasteiger partial charge on any atom is 0.334 e. The lowest BCUT2D eigenvalue weighted by Crippen LogP contribution is -2.36. The molecule has 9 nitrogen and oxygen atoms in total. The molecule has 1 N–H and O–H groups in total. The van der Waals surface area contributed by atoms with E-state index in [1.165, 1.54) is 24.3 Å². The number of hydrogen-bond acceptors (Lipinski definition) is 6. The highest BCUT2D eigenvalue weighted by Gasteiger charge is 2.45. The lowest BCUT2D eigenvalue weighted by Gasteiger charge is -2.15. The molecule has 10 heteroatoms. The first-order chi connectivity index (χ1) is 13.7. The molecule has 2 aromatic rings. The summed E-state index contributed by atoms with van der Waals surface area (Å²) in [5, 5.41) is 0. The number of anilines is 1. The smallest absolute Gasteiger partial charge is 0.292 e. The monoisotopic (exact) mass is 415 g/mol. The lowest BCUT2D eigenvalue weighted by molar-refractivity contribution is -0.143. The molecule has 1 aliphatic rings. The Labute approximate surface area is 167 Å². The molecule has 2 aromatic carbocycles. The van der Waals surface area contributed by atoms with Crippen LogP contribution in [0.1, 0.15) is 15.9 Å². The van der Waals surface area contributed by atoms with E-state index < -0.39 is 40.2 Å². The van der Waals surface area contributed by atoms with Gasteiger partial charge in [0.1, 0.15) is 0 Å². The third kappa shape index (κ3) is 4.66. The van der Waals surface area contributed by atoms with Crippen LogP contribution in [0.25, 0.3) is 0 Å². The lowest BCUT2D eigenvalue weighted by atomic mass is 10.1. The molecule has 1 heterocycles. The topological polar surface area (TPSA) is 121 Å². The Hall–Kier alpha value is -3.53. The summed E-state index contributed by atoms with van der Waals surface area (Å²) in [4.78, 5) is 50.7. The highest BCUT2D eigenvalue weighted by Crippen LogP contribution is 2.18. The molecule has 1 aliphatic heterocycles. The summed E-state index contributed by atoms with van der Waals surface area (Å²) < 4.78 is 24.7. The first kappa shape index (κ1) is 20.2. The molecule has 1 fully saturated rings. The van der Waals surface area contributed by atoms with Crippen molar-refractivity contribution in [3.8, 4) is 0 Å². The number of ketones is 1. The Morgan fingerprint density at radius 3 is 2.07 bits per heavy atom. The third-order valence-electron chi connectivity index (χ3n) is 4.13. The van der Waals surface area contributed by atoms with E-state index in [4.69, 9.17) is 0 Å². The zero-order valence-electron chi connectivity index (χ0n) is 15.4. The minimum Gasteiger partial charge on any atom is -0.292 e. The van der Waals surface area contributed by atoms with Gasteiger partial charge in [-0.05, 0) is 29.8 Å². The number of sulfonamides is 1. The van der Waals surface area contributed by atoms with Gasteiger partial charge in [0, 0.05) is 11.3 Å². The van der Waals surface area contributed by atoms with Gasteiger partial charge in [0.25, 0.3) is 0 Å². The second-order valence-electron chi connectivity index (χ2n) is 6.43. The van der Waals surface area contributed by atoms with E-state index in [0.29, 0.717) is 10.5 Å². The van der Waals surface area contributed by atoms with Crippen molar-refractivity contribution >= 4 is 39.3 Å². The highest BCUT2D eigenvalue weighted by molar-refractivity contribution is 7.92. The summed E-state index contributed by atoms with van der Waals surface area (Å²) in [5.74, 6) is -2.61. The molecule has 0 aliphatic carbocycles. The van der Waals surface area contributed by atoms with Gasteiger partial charge in [-0.25, -0.2) is 18.1 Å². The van der Waals surface area contributed by atoms with Gasteiger partial charge < -0.3 is 0 Å². The van der Waals surface area contributed by atoms with Crippen molar-refractivity contribution in [3.05, 3.63) is 65.7 Å². The van der Waals surface area contributed by atoms with Gasteiger partial charge in [-0.1, -0.05) is 30.3 Å². The van der Waals surface area contributed by atoms with Crippen LogP contribution in [0.2, 0.25) is 0 Å². The average Bonchev–Trinajstić information content (AvgIpc) is 2.86. The molecule has 0 unspecified atom stereocenters. The van der Waals surface area contributed by atoms with Crippen LogP contribution >= 0.6 is 0 Å². The van der Waals surface area contributed by atoms with Crippen molar-refractivity contribution in [1.82, 2.24) is 9.80 Å². The first-order valence-corrected chi connectivity index (χ1v) is 10.4. The largest absolute Gasteiger partial charge is 0.334 e. The number of benzene rings is 2. The number of nitrogens with zero attached hydrogens (tertiary/aromatic N) is 2. The van der Waals surface area contributed by atoms with Gasteiger partial charge in [0.05, 0.1) is 19.3 Å². The van der Waals surface area contributed by atoms with Crippen molar-refractivity contribution < 1.29 is 27.6 Å². The molecular formula is C19H17N3O6S. The summed E-state index contributed by atoms with van der Waals surface area (Å²) in [5.41, 5.74) is 1.10. The molecule has 0 atom stereocenters. The van der Waals surface area contributed by atoms with E-state index in [9.17, 15) is 27.6 Å². The van der Waals surface area contributed by atoms with Crippen LogP contribution in [0.5, 0.6) is 0 Å². The third-order valence-corrected chi connectivity index (χ3v) is 4.74. The fraction of sp³-hybridized carbons (Fsp3) is 0.158. The molecule has 29 heavy (non-hydrogen) atoms. The predicted molar refractivity (Wildman–Crippen MR) is 103 cm³/mol. The fourth-order valence-electron chi connectivity index (χ4n) is 2.77. The first-order valence-electron chi connectivity index (χ1n) is 8.48. The van der Waals surface area contributed by atoms with Crippen molar-refractivity contribution in [2.45, 2.75) is 6.54 Å². The Morgan fingerprint density at radius 1 is 0.897 bits per heavy atom. The zero-order valence-corrected chi connectivity index (χ0v) is 16.2. The van der Waals surface area contributed by atoms with Gasteiger partial charge in [-0.15, -0.1) is 0 Å². The minimum atomic E-state index is -3.46. The van der Waals surface area contributed by atoms with Crippen LogP contribution in [-0.2, 0) is 26.2 Å². The van der Waals surface area contributed by atoms with Crippen LogP contribution in [-0.4, -0.2) is 54.6 Å². The molecule has 0 bridgehead atoms. The second-order valence-corrected chi connectivity index (χ2v) is 8.17. The summed E-state index contributed by atoms with van der Waals surface area (Å²) in [6.45, 7) is -0.658. The number of rotatable bonds is 7. The molecule has 4 amide bonds. The van der Waals surface area contributed by atoms with Gasteiger partial charge >= 0.3 is 17.8 Å². The number of carbonyl (C=O) groups excluding carboxylic acids is 4. The number of Topliss-reactive ketones (excluding diaryl/α,β-unsaturated/α-hetero) is 1. The van der Waals surface area contributed by atoms with E-state index in [1.54, 1.807) is 30.3 Å². The predicted octanol–water partition coefficient (Wildman–Crippen LogP) is 1.23. The summed E-state index contributed by atoms with van der Waals surface area (Å²) >= 11 is 0. The number of carbonyl (C=O) groups is 4. The summed E-state index contributed by atoms with van der Waals surface area (Å²) in [7, 11) is -3.46. The van der Waals surface area contributed by atoms with Gasteiger partial charge in [-0.2, -0.15) is 0 Å². The van der Waals surface area contributed by atoms with Crippen LogP contribution < -0.4 is 4.72 Å². The van der Waals surface area contributed by atoms with Crippen LogP contribution in [0.15, 0.2) is 54.6 Å². The van der Waals surface area contributed by atoms with Crippen molar-refractivity contribution in [3.63, 3.8) is 0 Å². The standard InChI is InChI=1S/C19H17N3O6S/c1-29(27,28)20-15-9-7-14(8-10-15)16(23)12-22-18(25)17(24)21(19(22)26)11-13-5-3-2-4-6-13/h2-10,20H,11-12H2,1H3. The van der Waals surface area contributed by atoms with Gasteiger partial charge in [0.2, 0.25) is 10.0 Å². The summed E-state index contributed by atoms with van der Waals surface area (Å²) in [6, 6.07) is 13.3. The molecule has 0 radical (unpaired) electrons. The number of imide groups is 2. The minimum absolute atomic E-state index is 0.0687. The van der Waals surface area contributed by atoms with Gasteiger partial charge in [0.15, 0.2) is 5.78 Å². The van der Waals surface area contributed by atoms with E-state index in [2.05, 4.69) is 4.72 Å². The number of hydrogen-bond donors (Lipinski definition) is 1. The zero-order chi connectivity index (χ0) is 21.2. The quantitative estimate of drug-likeness (QED) is 0.412. The van der Waals surface area contributed by atoms with Crippen LogP contribution in [0.3, 0.4) is 0 Å². The summed E-state index contributed by atoms with van der Waals surface area (Å²) in [6.07, 6.45) is 0.995. The van der Waals surface area contributed by atoms with Crippen LogP contribution in [0, 0.1) is 0 Å². The van der Waals surface area contributed by atoms with E-state index in [-0.39, 0.29) is 17.8 Å². The maximum absolute atomic E-state index is 12.5. The maximum atomic E-state index is 12.5. The number of urea groups is 1. The van der Waals surface area contributed by atoms with Crippen LogP contribution in [0.4, 0.5) is 10.5 Å². The Kier molecular flexibility index (Phi) is 5.46. The molecule has 0 aromatic heterocycles. The van der Waals surface area contributed by atoms with E-state index >= 15 is 0 Å². The molecule has 0 saturated carbocycles. The Balaban J connectivity index is 1.70. The molecular weight excluding hydrogens is 398 g/mol. The van der Waals surface area contributed by atoms with E-state index in [1.807, 2.05) is 0 Å². The van der Waals surface area contributed by atoms with E-state index in [0.717, 1.165) is 11.2 Å². The number of nitrogens with one attached hydrogen (secondary N) is 1. The average molecular weight is 415 g/mol. The molecule has 150 valence electrons. The number of amides is 4. The van der Waals surface area contributed by atoms with Crippen molar-refractivity contribution in [1.29, 1.82) is 0 Å². The molecule has 1 saturated heterocycles. The SMILES string of the molecule is CS(=O)(=O)Nc1ccc(C(=O)CN2C(=O)C(=O)N(Cc3ccccc3)C2=O)cc1. The highest BCUT2D eigenvalue weighted by atomic mass is 32.2. The fourth-order valence-corrected chi connectivity index (χ4v) is 3.33.